The van der Waals surface area contributed by atoms with Crippen LogP contribution < -0.4 is 4.74 Å². The van der Waals surface area contributed by atoms with Gasteiger partial charge in [-0.25, -0.2) is 0 Å². The summed E-state index contributed by atoms with van der Waals surface area (Å²) < 4.78 is 5.86. The lowest BCUT2D eigenvalue weighted by Crippen LogP contribution is -2.51. The zero-order valence-corrected chi connectivity index (χ0v) is 20.5. The van der Waals surface area contributed by atoms with E-state index in [1.54, 1.807) is 0 Å². The first kappa shape index (κ1) is 23.1. The van der Waals surface area contributed by atoms with Gasteiger partial charge in [-0.3, -0.25) is 9.69 Å². The fourth-order valence-electron chi connectivity index (χ4n) is 4.83. The number of fused-ring (bicyclic) bond motifs is 1. The van der Waals surface area contributed by atoms with E-state index in [2.05, 4.69) is 79.4 Å². The molecule has 0 saturated carbocycles. The Kier molecular flexibility index (Phi) is 6.82. The van der Waals surface area contributed by atoms with E-state index >= 15 is 0 Å². The van der Waals surface area contributed by atoms with Crippen molar-refractivity contribution < 1.29 is 9.53 Å². The Morgan fingerprint density at radius 2 is 1.31 bits per heavy atom. The van der Waals surface area contributed by atoms with E-state index in [4.69, 9.17) is 4.74 Å². The fraction of sp³-hybridized carbons (Fsp3) is 0.258. The number of benzene rings is 4. The van der Waals surface area contributed by atoms with Crippen LogP contribution in [-0.4, -0.2) is 48.5 Å². The molecular weight excluding hydrogens is 432 g/mol. The smallest absolute Gasteiger partial charge is 0.260 e. The SMILES string of the molecule is Cc1ccc(C(c2ccc(C)cc2)N2CCN(C(=O)COc3ccc4ccccc4c3)CC2)cc1. The molecule has 35 heavy (non-hydrogen) atoms. The van der Waals surface area contributed by atoms with E-state index in [0.717, 1.165) is 24.2 Å². The molecule has 5 rings (SSSR count). The molecule has 4 aromatic rings. The molecule has 4 nitrogen and oxygen atoms in total. The third-order valence-corrected chi connectivity index (χ3v) is 6.90. The van der Waals surface area contributed by atoms with Crippen molar-refractivity contribution in [3.63, 3.8) is 0 Å². The summed E-state index contributed by atoms with van der Waals surface area (Å²) in [4.78, 5) is 17.3. The molecule has 0 aliphatic carbocycles. The molecule has 4 aromatic carbocycles. The summed E-state index contributed by atoms with van der Waals surface area (Å²) in [6, 6.07) is 32.0. The van der Waals surface area contributed by atoms with Crippen LogP contribution in [0.2, 0.25) is 0 Å². The lowest BCUT2D eigenvalue weighted by atomic mass is 9.95. The second kappa shape index (κ2) is 10.3. The van der Waals surface area contributed by atoms with Crippen molar-refractivity contribution in [1.29, 1.82) is 0 Å². The predicted molar refractivity (Wildman–Crippen MR) is 142 cm³/mol. The summed E-state index contributed by atoms with van der Waals surface area (Å²) in [6.07, 6.45) is 0. The molecule has 0 bridgehead atoms. The topological polar surface area (TPSA) is 32.8 Å². The first-order valence-corrected chi connectivity index (χ1v) is 12.3. The lowest BCUT2D eigenvalue weighted by molar-refractivity contribution is -0.135. The number of rotatable bonds is 6. The van der Waals surface area contributed by atoms with Gasteiger partial charge in [-0.2, -0.15) is 0 Å². The Hall–Kier alpha value is -3.63. The Morgan fingerprint density at radius 3 is 1.91 bits per heavy atom. The summed E-state index contributed by atoms with van der Waals surface area (Å²) in [5.74, 6) is 0.773. The molecule has 1 aliphatic heterocycles. The minimum absolute atomic E-state index is 0.0417. The molecule has 1 heterocycles. The summed E-state index contributed by atoms with van der Waals surface area (Å²) in [6.45, 7) is 7.37. The van der Waals surface area contributed by atoms with E-state index < -0.39 is 0 Å². The fourth-order valence-corrected chi connectivity index (χ4v) is 4.83. The minimum Gasteiger partial charge on any atom is -0.484 e. The Bertz CT molecular complexity index is 1240. The van der Waals surface area contributed by atoms with E-state index in [0.29, 0.717) is 13.1 Å². The molecule has 4 heteroatoms. The Labute approximate surface area is 207 Å². The summed E-state index contributed by atoms with van der Waals surface area (Å²) in [5.41, 5.74) is 5.11. The van der Waals surface area contributed by atoms with Crippen LogP contribution in [0.4, 0.5) is 0 Å². The van der Waals surface area contributed by atoms with Gasteiger partial charge in [-0.15, -0.1) is 0 Å². The summed E-state index contributed by atoms with van der Waals surface area (Å²) in [7, 11) is 0. The molecule has 178 valence electrons. The second-order valence-corrected chi connectivity index (χ2v) is 9.44. The molecule has 0 radical (unpaired) electrons. The van der Waals surface area contributed by atoms with Crippen molar-refractivity contribution in [3.05, 3.63) is 113 Å². The van der Waals surface area contributed by atoms with Crippen molar-refractivity contribution in [2.24, 2.45) is 0 Å². The second-order valence-electron chi connectivity index (χ2n) is 9.44. The van der Waals surface area contributed by atoms with Crippen LogP contribution >= 0.6 is 0 Å². The van der Waals surface area contributed by atoms with Gasteiger partial charge in [0.25, 0.3) is 5.91 Å². The first-order valence-electron chi connectivity index (χ1n) is 12.3. The zero-order valence-electron chi connectivity index (χ0n) is 20.5. The van der Waals surface area contributed by atoms with Crippen LogP contribution in [0.5, 0.6) is 5.75 Å². The van der Waals surface area contributed by atoms with Gasteiger partial charge in [0.1, 0.15) is 5.75 Å². The average Bonchev–Trinajstić information content (AvgIpc) is 2.90. The maximum Gasteiger partial charge on any atom is 0.260 e. The van der Waals surface area contributed by atoms with E-state index in [-0.39, 0.29) is 18.6 Å². The number of amides is 1. The van der Waals surface area contributed by atoms with Crippen molar-refractivity contribution in [3.8, 4) is 5.75 Å². The van der Waals surface area contributed by atoms with Gasteiger partial charge >= 0.3 is 0 Å². The van der Waals surface area contributed by atoms with Gasteiger partial charge in [0.2, 0.25) is 0 Å². The lowest BCUT2D eigenvalue weighted by Gasteiger charge is -2.39. The predicted octanol–water partition coefficient (Wildman–Crippen LogP) is 5.77. The van der Waals surface area contributed by atoms with E-state index in [1.165, 1.54) is 27.6 Å². The molecule has 1 aliphatic rings. The molecule has 1 saturated heterocycles. The van der Waals surface area contributed by atoms with E-state index in [1.807, 2.05) is 35.2 Å². The number of piperazine rings is 1. The largest absolute Gasteiger partial charge is 0.484 e. The van der Waals surface area contributed by atoms with Crippen molar-refractivity contribution in [2.45, 2.75) is 19.9 Å². The van der Waals surface area contributed by atoms with Crippen molar-refractivity contribution in [2.75, 3.05) is 32.8 Å². The van der Waals surface area contributed by atoms with Gasteiger partial charge in [0.15, 0.2) is 6.61 Å². The highest BCUT2D eigenvalue weighted by Gasteiger charge is 2.28. The van der Waals surface area contributed by atoms with Gasteiger partial charge in [0.05, 0.1) is 6.04 Å². The van der Waals surface area contributed by atoms with Gasteiger partial charge in [-0.1, -0.05) is 90.0 Å². The number of aryl methyl sites for hydroxylation is 2. The summed E-state index contributed by atoms with van der Waals surface area (Å²) in [5, 5.41) is 2.28. The molecule has 0 atom stereocenters. The molecule has 1 fully saturated rings. The number of hydrogen-bond donors (Lipinski definition) is 0. The number of ether oxygens (including phenoxy) is 1. The van der Waals surface area contributed by atoms with Crippen LogP contribution in [0.3, 0.4) is 0 Å². The van der Waals surface area contributed by atoms with Gasteiger partial charge < -0.3 is 9.64 Å². The normalized spacial score (nSPS) is 14.4. The highest BCUT2D eigenvalue weighted by atomic mass is 16.5. The number of nitrogens with zero attached hydrogens (tertiary/aromatic N) is 2. The van der Waals surface area contributed by atoms with Gasteiger partial charge in [-0.05, 0) is 47.9 Å². The van der Waals surface area contributed by atoms with E-state index in [9.17, 15) is 4.79 Å². The van der Waals surface area contributed by atoms with Crippen LogP contribution in [0, 0.1) is 13.8 Å². The number of hydrogen-bond acceptors (Lipinski definition) is 3. The monoisotopic (exact) mass is 464 g/mol. The number of carbonyl (C=O) groups is 1. The Balaban J connectivity index is 1.23. The highest BCUT2D eigenvalue weighted by molar-refractivity contribution is 5.84. The average molecular weight is 465 g/mol. The first-order chi connectivity index (χ1) is 17.1. The number of carbonyl (C=O) groups excluding carboxylic acids is 1. The van der Waals surface area contributed by atoms with Crippen LogP contribution in [-0.2, 0) is 4.79 Å². The van der Waals surface area contributed by atoms with Crippen LogP contribution in [0.25, 0.3) is 10.8 Å². The quantitative estimate of drug-likeness (QED) is 0.363. The molecular formula is C31H32N2O2. The van der Waals surface area contributed by atoms with Gasteiger partial charge in [0, 0.05) is 26.2 Å². The molecule has 0 spiro atoms. The summed E-state index contributed by atoms with van der Waals surface area (Å²) >= 11 is 0. The minimum atomic E-state index is 0.0417. The zero-order chi connectivity index (χ0) is 24.2. The Morgan fingerprint density at radius 1 is 0.743 bits per heavy atom. The molecule has 0 aromatic heterocycles. The van der Waals surface area contributed by atoms with Crippen molar-refractivity contribution >= 4 is 16.7 Å². The molecule has 1 amide bonds. The third-order valence-electron chi connectivity index (χ3n) is 6.90. The third kappa shape index (κ3) is 5.39. The maximum atomic E-state index is 12.9. The molecule has 0 N–H and O–H groups in total. The highest BCUT2D eigenvalue weighted by Crippen LogP contribution is 2.30. The molecule has 0 unspecified atom stereocenters. The van der Waals surface area contributed by atoms with Crippen molar-refractivity contribution in [1.82, 2.24) is 9.80 Å². The van der Waals surface area contributed by atoms with Crippen LogP contribution in [0.15, 0.2) is 91.0 Å². The maximum absolute atomic E-state index is 12.9. The standard InChI is InChI=1S/C31H32N2O2/c1-23-7-11-26(12-8-23)31(27-13-9-24(2)10-14-27)33-19-17-32(18-20-33)30(34)22-35-29-16-15-25-5-3-4-6-28(25)21-29/h3-16,21,31H,17-20,22H2,1-2H3. The van der Waals surface area contributed by atoms with Crippen LogP contribution in [0.1, 0.15) is 28.3 Å².